The van der Waals surface area contributed by atoms with Crippen molar-refractivity contribution in [3.63, 3.8) is 0 Å². The van der Waals surface area contributed by atoms with Gasteiger partial charge in [-0.25, -0.2) is 0 Å². The van der Waals surface area contributed by atoms with Gasteiger partial charge in [0.15, 0.2) is 0 Å². The summed E-state index contributed by atoms with van der Waals surface area (Å²) in [6.07, 6.45) is 19.4. The molecule has 2 heterocycles. The molecule has 0 saturated carbocycles. The van der Waals surface area contributed by atoms with E-state index in [1.807, 2.05) is 0 Å². The van der Waals surface area contributed by atoms with Crippen molar-refractivity contribution in [1.29, 1.82) is 0 Å². The van der Waals surface area contributed by atoms with Crippen molar-refractivity contribution in [1.82, 2.24) is 10.1 Å². The molecule has 0 aliphatic carbocycles. The Balaban J connectivity index is 1.88. The molecule has 2 rings (SSSR count). The van der Waals surface area contributed by atoms with Crippen LogP contribution in [0.4, 0.5) is 0 Å². The van der Waals surface area contributed by atoms with Gasteiger partial charge >= 0.3 is 0 Å². The van der Waals surface area contributed by atoms with Crippen LogP contribution in [0.25, 0.3) is 0 Å². The third kappa shape index (κ3) is 11.3. The summed E-state index contributed by atoms with van der Waals surface area (Å²) in [6, 6.07) is 0.458. The predicted molar refractivity (Wildman–Crippen MR) is 170 cm³/mol. The molecule has 0 atom stereocenters. The monoisotopic (exact) mass is 565 g/mol. The van der Waals surface area contributed by atoms with E-state index < -0.39 is 0 Å². The first kappa shape index (κ1) is 35.6. The van der Waals surface area contributed by atoms with Crippen molar-refractivity contribution in [2.24, 2.45) is 10.2 Å². The molecule has 0 aromatic rings. The van der Waals surface area contributed by atoms with Crippen LogP contribution in [0, 0.1) is 0 Å². The summed E-state index contributed by atoms with van der Waals surface area (Å²) in [4.78, 5) is 12.9. The van der Waals surface area contributed by atoms with Crippen LogP contribution in [0.1, 0.15) is 172 Å². The number of hydroxylamine groups is 4. The van der Waals surface area contributed by atoms with Crippen molar-refractivity contribution in [2.75, 3.05) is 13.2 Å². The lowest BCUT2D eigenvalue weighted by Gasteiger charge is -2.53. The lowest BCUT2D eigenvalue weighted by molar-refractivity contribution is -0.284. The van der Waals surface area contributed by atoms with E-state index in [1.54, 1.807) is 0 Å². The largest absolute Gasteiger partial charge is 0.298 e. The fraction of sp³-hybridized carbons (Fsp3) is 1.00. The fourth-order valence-electron chi connectivity index (χ4n) is 7.55. The van der Waals surface area contributed by atoms with E-state index in [-0.39, 0.29) is 34.2 Å². The summed E-state index contributed by atoms with van der Waals surface area (Å²) in [6.45, 7) is 24.6. The molecule has 0 spiro atoms. The maximum absolute atomic E-state index is 6.44. The van der Waals surface area contributed by atoms with Gasteiger partial charge in [0, 0.05) is 22.2 Å². The van der Waals surface area contributed by atoms with Crippen molar-refractivity contribution >= 4 is 0 Å². The highest BCUT2D eigenvalue weighted by molar-refractivity contribution is 5.01. The highest BCUT2D eigenvalue weighted by Crippen LogP contribution is 2.42. The number of rotatable bonds is 18. The topological polar surface area (TPSA) is 49.7 Å². The number of unbranched alkanes of at least 4 members (excludes halogenated alkanes) is 10. The highest BCUT2D eigenvalue weighted by Gasteiger charge is 2.48. The summed E-state index contributed by atoms with van der Waals surface area (Å²) in [7, 11) is 0. The maximum Gasteiger partial charge on any atom is 0.0745 e. The Hall–Kier alpha value is -0.560. The summed E-state index contributed by atoms with van der Waals surface area (Å²) in [5, 5.41) is 14.6. The number of hydrogen-bond donors (Lipinski definition) is 0. The SMILES string of the molecule is CCCCCCCCON1C(C)(C)CC(N=NC2CC(C)(C)N(OCCCCCCCC)C(C)(C)C2)CC1(C)C. The second kappa shape index (κ2) is 16.3. The van der Waals surface area contributed by atoms with Crippen molar-refractivity contribution in [3.05, 3.63) is 0 Å². The molecule has 2 saturated heterocycles. The number of azo groups is 1. The third-order valence-corrected chi connectivity index (χ3v) is 8.97. The van der Waals surface area contributed by atoms with E-state index in [4.69, 9.17) is 19.9 Å². The number of piperidine rings is 2. The van der Waals surface area contributed by atoms with Gasteiger partial charge in [0.1, 0.15) is 0 Å². The van der Waals surface area contributed by atoms with Gasteiger partial charge in [-0.1, -0.05) is 78.1 Å². The standard InChI is InChI=1S/C34H68N4O2/c1-11-13-15-17-19-21-23-39-37-31(3,4)25-29(26-32(37,5)6)35-36-30-27-33(7,8)38(34(9,10)28-30)40-24-22-20-18-16-14-12-2/h29-30H,11-28H2,1-10H3. The summed E-state index contributed by atoms with van der Waals surface area (Å²) in [5.74, 6) is 0. The molecule has 2 fully saturated rings. The molecule has 0 aromatic heterocycles. The van der Waals surface area contributed by atoms with Gasteiger partial charge < -0.3 is 0 Å². The lowest BCUT2D eigenvalue weighted by Crippen LogP contribution is -2.61. The molecule has 236 valence electrons. The van der Waals surface area contributed by atoms with E-state index in [1.165, 1.54) is 64.2 Å². The average molecular weight is 565 g/mol. The van der Waals surface area contributed by atoms with E-state index in [0.29, 0.717) is 0 Å². The van der Waals surface area contributed by atoms with Crippen LogP contribution in [-0.4, -0.2) is 57.6 Å². The Morgan fingerprint density at radius 1 is 0.475 bits per heavy atom. The zero-order valence-corrected chi connectivity index (χ0v) is 28.5. The van der Waals surface area contributed by atoms with Crippen LogP contribution in [0.15, 0.2) is 10.2 Å². The zero-order valence-electron chi connectivity index (χ0n) is 28.5. The van der Waals surface area contributed by atoms with Crippen molar-refractivity contribution in [2.45, 2.75) is 206 Å². The molecule has 0 N–H and O–H groups in total. The molecule has 0 aromatic carbocycles. The average Bonchev–Trinajstić information content (AvgIpc) is 2.83. The third-order valence-electron chi connectivity index (χ3n) is 8.97. The molecule has 0 radical (unpaired) electrons. The Morgan fingerprint density at radius 2 is 0.750 bits per heavy atom. The minimum absolute atomic E-state index is 0.0695. The fourth-order valence-corrected chi connectivity index (χ4v) is 7.55. The smallest absolute Gasteiger partial charge is 0.0745 e. The molecule has 6 nitrogen and oxygen atoms in total. The van der Waals surface area contributed by atoms with Crippen molar-refractivity contribution < 1.29 is 9.68 Å². The zero-order chi connectivity index (χ0) is 29.9. The summed E-state index contributed by atoms with van der Waals surface area (Å²) >= 11 is 0. The molecule has 6 heteroatoms. The molecule has 2 aliphatic heterocycles. The quantitative estimate of drug-likeness (QED) is 0.123. The number of hydrogen-bond acceptors (Lipinski definition) is 6. The molecular weight excluding hydrogens is 496 g/mol. The molecule has 40 heavy (non-hydrogen) atoms. The first-order valence-corrected chi connectivity index (χ1v) is 17.0. The van der Waals surface area contributed by atoms with E-state index in [0.717, 1.165) is 51.7 Å². The Kier molecular flexibility index (Phi) is 14.5. The molecular formula is C34H68N4O2. The van der Waals surface area contributed by atoms with E-state index >= 15 is 0 Å². The van der Waals surface area contributed by atoms with Crippen LogP contribution in [0.5, 0.6) is 0 Å². The van der Waals surface area contributed by atoms with Gasteiger partial charge in [0.05, 0.1) is 25.3 Å². The van der Waals surface area contributed by atoms with Gasteiger partial charge in [-0.15, -0.1) is 0 Å². The van der Waals surface area contributed by atoms with Gasteiger partial charge in [0.2, 0.25) is 0 Å². The second-order valence-electron chi connectivity index (χ2n) is 15.4. The van der Waals surface area contributed by atoms with Crippen LogP contribution in [0.2, 0.25) is 0 Å². The van der Waals surface area contributed by atoms with Crippen LogP contribution < -0.4 is 0 Å². The predicted octanol–water partition coefficient (Wildman–Crippen LogP) is 10.1. The Labute approximate surface area is 249 Å². The normalized spacial score (nSPS) is 23.8. The highest BCUT2D eigenvalue weighted by atomic mass is 16.7. The Bertz CT molecular complexity index is 637. The molecule has 0 amide bonds. The lowest BCUT2D eigenvalue weighted by atomic mass is 9.79. The van der Waals surface area contributed by atoms with E-state index in [2.05, 4.69) is 79.4 Å². The second-order valence-corrected chi connectivity index (χ2v) is 15.4. The van der Waals surface area contributed by atoms with Crippen LogP contribution in [0.3, 0.4) is 0 Å². The first-order valence-electron chi connectivity index (χ1n) is 17.0. The molecule has 0 bridgehead atoms. The summed E-state index contributed by atoms with van der Waals surface area (Å²) in [5.41, 5.74) is -0.278. The van der Waals surface area contributed by atoms with Gasteiger partial charge in [-0.05, 0) is 93.9 Å². The first-order chi connectivity index (χ1) is 18.7. The minimum Gasteiger partial charge on any atom is -0.298 e. The van der Waals surface area contributed by atoms with Gasteiger partial charge in [-0.3, -0.25) is 9.68 Å². The van der Waals surface area contributed by atoms with Crippen LogP contribution in [-0.2, 0) is 9.68 Å². The Morgan fingerprint density at radius 3 is 1.05 bits per heavy atom. The van der Waals surface area contributed by atoms with E-state index in [9.17, 15) is 0 Å². The minimum atomic E-state index is -0.0695. The maximum atomic E-state index is 6.44. The van der Waals surface area contributed by atoms with Gasteiger partial charge in [-0.2, -0.15) is 20.4 Å². The van der Waals surface area contributed by atoms with Crippen molar-refractivity contribution in [3.8, 4) is 0 Å². The molecule has 0 unspecified atom stereocenters. The molecule has 2 aliphatic rings. The number of nitrogens with zero attached hydrogens (tertiary/aromatic N) is 4. The van der Waals surface area contributed by atoms with Gasteiger partial charge in [0.25, 0.3) is 0 Å². The summed E-state index contributed by atoms with van der Waals surface area (Å²) < 4.78 is 0. The van der Waals surface area contributed by atoms with Crippen LogP contribution >= 0.6 is 0 Å².